The predicted molar refractivity (Wildman–Crippen MR) is 96.0 cm³/mol. The molecule has 0 fully saturated rings. The van der Waals surface area contributed by atoms with Gasteiger partial charge in [0.05, 0.1) is 12.1 Å². The van der Waals surface area contributed by atoms with E-state index in [1.807, 2.05) is 43.5 Å². The average molecular weight is 357 g/mol. The topological polar surface area (TPSA) is 107 Å². The molecule has 1 aromatic carbocycles. The van der Waals surface area contributed by atoms with Gasteiger partial charge in [-0.1, -0.05) is 43.3 Å². The lowest BCUT2D eigenvalue weighted by Gasteiger charge is -2.03. The number of nitrogens with one attached hydrogen (secondary N) is 1. The summed E-state index contributed by atoms with van der Waals surface area (Å²) in [6, 6.07) is 7.71. The van der Waals surface area contributed by atoms with Gasteiger partial charge in [0.1, 0.15) is 0 Å². The first-order valence-electron chi connectivity index (χ1n) is 7.92. The fourth-order valence-electron chi connectivity index (χ4n) is 2.08. The minimum atomic E-state index is -0.0866. The largest absolute Gasteiger partial charge is 0.339 e. The molecular formula is C17H19N5O2S. The van der Waals surface area contributed by atoms with Crippen LogP contribution < -0.4 is 11.1 Å². The van der Waals surface area contributed by atoms with E-state index in [1.54, 1.807) is 0 Å². The quantitative estimate of drug-likeness (QED) is 0.702. The van der Waals surface area contributed by atoms with E-state index in [-0.39, 0.29) is 11.8 Å². The number of carbonyl (C=O) groups is 1. The van der Waals surface area contributed by atoms with Crippen LogP contribution in [0.3, 0.4) is 0 Å². The van der Waals surface area contributed by atoms with Crippen LogP contribution in [0.4, 0.5) is 5.13 Å². The number of anilines is 1. The molecule has 8 heteroatoms. The molecular weight excluding hydrogens is 338 g/mol. The molecule has 7 nitrogen and oxygen atoms in total. The van der Waals surface area contributed by atoms with Gasteiger partial charge < -0.3 is 15.6 Å². The van der Waals surface area contributed by atoms with Gasteiger partial charge in [-0.3, -0.25) is 4.79 Å². The molecule has 25 heavy (non-hydrogen) atoms. The molecule has 0 aliphatic rings. The molecule has 0 aliphatic heterocycles. The number of nitrogens with zero attached hydrogens (tertiary/aromatic N) is 3. The first kappa shape index (κ1) is 17.2. The van der Waals surface area contributed by atoms with Crippen LogP contribution in [0.2, 0.25) is 0 Å². The van der Waals surface area contributed by atoms with E-state index < -0.39 is 0 Å². The highest BCUT2D eigenvalue weighted by molar-refractivity contribution is 7.13. The highest BCUT2D eigenvalue weighted by atomic mass is 32.1. The van der Waals surface area contributed by atoms with Crippen molar-refractivity contribution in [2.75, 3.05) is 5.32 Å². The zero-order valence-electron chi connectivity index (χ0n) is 14.0. The molecule has 0 saturated heterocycles. The van der Waals surface area contributed by atoms with Crippen molar-refractivity contribution >= 4 is 22.4 Å². The molecule has 2 aromatic heterocycles. The zero-order chi connectivity index (χ0) is 17.8. The zero-order valence-corrected chi connectivity index (χ0v) is 14.8. The van der Waals surface area contributed by atoms with E-state index in [9.17, 15) is 4.79 Å². The van der Waals surface area contributed by atoms with Crippen molar-refractivity contribution in [2.24, 2.45) is 11.7 Å². The average Bonchev–Trinajstić information content (AvgIpc) is 3.25. The minimum Gasteiger partial charge on any atom is -0.339 e. The maximum Gasteiger partial charge on any atom is 0.233 e. The monoisotopic (exact) mass is 357 g/mol. The maximum absolute atomic E-state index is 11.7. The molecule has 0 spiro atoms. The SMILES string of the molecule is CC(C)C(=O)Nc1nc(Cc2nc(-c3ccc(CN)cc3)no2)cs1. The van der Waals surface area contributed by atoms with Crippen LogP contribution in [-0.4, -0.2) is 21.0 Å². The summed E-state index contributed by atoms with van der Waals surface area (Å²) in [6.07, 6.45) is 0.419. The first-order chi connectivity index (χ1) is 12.0. The van der Waals surface area contributed by atoms with E-state index in [2.05, 4.69) is 20.4 Å². The fraction of sp³-hybridized carbons (Fsp3) is 0.294. The van der Waals surface area contributed by atoms with Gasteiger partial charge in [-0.25, -0.2) is 4.98 Å². The lowest BCUT2D eigenvalue weighted by atomic mass is 10.1. The lowest BCUT2D eigenvalue weighted by Crippen LogP contribution is -2.17. The first-order valence-corrected chi connectivity index (χ1v) is 8.80. The molecule has 0 bridgehead atoms. The van der Waals surface area contributed by atoms with Crippen LogP contribution in [0.15, 0.2) is 34.2 Å². The van der Waals surface area contributed by atoms with Crippen molar-refractivity contribution in [3.63, 3.8) is 0 Å². The summed E-state index contributed by atoms with van der Waals surface area (Å²) in [5, 5.41) is 9.23. The number of aromatic nitrogens is 3. The predicted octanol–water partition coefficient (Wildman–Crippen LogP) is 2.84. The Morgan fingerprint density at radius 3 is 2.72 bits per heavy atom. The molecule has 0 atom stereocenters. The Bertz CT molecular complexity index is 854. The van der Waals surface area contributed by atoms with Crippen molar-refractivity contribution < 1.29 is 9.32 Å². The van der Waals surface area contributed by atoms with Crippen LogP contribution in [0.25, 0.3) is 11.4 Å². The van der Waals surface area contributed by atoms with Gasteiger partial charge in [-0.2, -0.15) is 4.98 Å². The Morgan fingerprint density at radius 1 is 1.28 bits per heavy atom. The molecule has 1 amide bonds. The van der Waals surface area contributed by atoms with Crippen molar-refractivity contribution in [3.05, 3.63) is 46.8 Å². The fourth-order valence-corrected chi connectivity index (χ4v) is 2.80. The molecule has 0 saturated carbocycles. The Hall–Kier alpha value is -2.58. The lowest BCUT2D eigenvalue weighted by molar-refractivity contribution is -0.118. The number of hydrogen-bond donors (Lipinski definition) is 2. The summed E-state index contributed by atoms with van der Waals surface area (Å²) >= 11 is 1.38. The van der Waals surface area contributed by atoms with E-state index in [4.69, 9.17) is 10.3 Å². The van der Waals surface area contributed by atoms with Crippen LogP contribution in [0.1, 0.15) is 31.0 Å². The Balaban J connectivity index is 1.67. The van der Waals surface area contributed by atoms with Gasteiger partial charge in [0.2, 0.25) is 17.6 Å². The summed E-state index contributed by atoms with van der Waals surface area (Å²) in [6.45, 7) is 4.17. The maximum atomic E-state index is 11.7. The highest BCUT2D eigenvalue weighted by Gasteiger charge is 2.13. The molecule has 3 aromatic rings. The van der Waals surface area contributed by atoms with E-state index in [1.165, 1.54) is 11.3 Å². The van der Waals surface area contributed by atoms with Gasteiger partial charge >= 0.3 is 0 Å². The number of benzene rings is 1. The Morgan fingerprint density at radius 2 is 2.04 bits per heavy atom. The molecule has 3 N–H and O–H groups in total. The van der Waals surface area contributed by atoms with E-state index >= 15 is 0 Å². The van der Waals surface area contributed by atoms with E-state index in [0.29, 0.717) is 29.8 Å². The summed E-state index contributed by atoms with van der Waals surface area (Å²) in [4.78, 5) is 20.5. The summed E-state index contributed by atoms with van der Waals surface area (Å²) in [5.41, 5.74) is 8.29. The van der Waals surface area contributed by atoms with E-state index in [0.717, 1.165) is 16.8 Å². The minimum absolute atomic E-state index is 0.0538. The van der Waals surface area contributed by atoms with Crippen LogP contribution >= 0.6 is 11.3 Å². The summed E-state index contributed by atoms with van der Waals surface area (Å²) in [7, 11) is 0. The second-order valence-corrected chi connectivity index (χ2v) is 6.74. The number of rotatable bonds is 6. The highest BCUT2D eigenvalue weighted by Crippen LogP contribution is 2.20. The normalized spacial score (nSPS) is 11.0. The molecule has 0 unspecified atom stereocenters. The number of thiazole rings is 1. The Kier molecular flexibility index (Phi) is 5.20. The smallest absolute Gasteiger partial charge is 0.233 e. The van der Waals surface area contributed by atoms with Crippen LogP contribution in [0.5, 0.6) is 0 Å². The van der Waals surface area contributed by atoms with Crippen LogP contribution in [0, 0.1) is 5.92 Å². The summed E-state index contributed by atoms with van der Waals surface area (Å²) < 4.78 is 5.30. The van der Waals surface area contributed by atoms with Crippen molar-refractivity contribution in [3.8, 4) is 11.4 Å². The Labute approximate surface area is 149 Å². The second kappa shape index (κ2) is 7.54. The standard InChI is InChI=1S/C17H19N5O2S/c1-10(2)16(23)21-17-19-13(9-25-17)7-14-20-15(22-24-14)12-5-3-11(8-18)4-6-12/h3-6,9-10H,7-8,18H2,1-2H3,(H,19,21,23). The number of amides is 1. The summed E-state index contributed by atoms with van der Waals surface area (Å²) in [5.74, 6) is 0.866. The van der Waals surface area contributed by atoms with Gasteiger partial charge in [0, 0.05) is 23.4 Å². The number of hydrogen-bond acceptors (Lipinski definition) is 7. The molecule has 0 aliphatic carbocycles. The van der Waals surface area contributed by atoms with Crippen molar-refractivity contribution in [2.45, 2.75) is 26.8 Å². The van der Waals surface area contributed by atoms with Crippen molar-refractivity contribution in [1.29, 1.82) is 0 Å². The third-order valence-electron chi connectivity index (χ3n) is 3.55. The molecule has 130 valence electrons. The number of nitrogens with two attached hydrogens (primary N) is 1. The van der Waals surface area contributed by atoms with Crippen molar-refractivity contribution in [1.82, 2.24) is 15.1 Å². The third kappa shape index (κ3) is 4.28. The van der Waals surface area contributed by atoms with Gasteiger partial charge in [0.25, 0.3) is 0 Å². The van der Waals surface area contributed by atoms with Gasteiger partial charge in [-0.15, -0.1) is 11.3 Å². The van der Waals surface area contributed by atoms with Gasteiger partial charge in [0.15, 0.2) is 5.13 Å². The number of carbonyl (C=O) groups excluding carboxylic acids is 1. The molecule has 3 rings (SSSR count). The third-order valence-corrected chi connectivity index (χ3v) is 4.36. The second-order valence-electron chi connectivity index (χ2n) is 5.88. The molecule has 0 radical (unpaired) electrons. The van der Waals surface area contributed by atoms with Gasteiger partial charge in [-0.05, 0) is 5.56 Å². The van der Waals surface area contributed by atoms with Crippen LogP contribution in [-0.2, 0) is 17.8 Å². The molecule has 2 heterocycles.